The summed E-state index contributed by atoms with van der Waals surface area (Å²) in [5, 5.41) is 11.0. The molecule has 5 nitrogen and oxygen atoms in total. The molecule has 21 heavy (non-hydrogen) atoms. The van der Waals surface area contributed by atoms with Crippen molar-refractivity contribution in [1.29, 1.82) is 0 Å². The number of aromatic amines is 1. The second-order valence-corrected chi connectivity index (χ2v) is 4.91. The number of hydrogen-bond acceptors (Lipinski definition) is 3. The molecule has 0 saturated heterocycles. The number of fused-ring (bicyclic) bond motifs is 1. The first-order valence-corrected chi connectivity index (χ1v) is 6.63. The van der Waals surface area contributed by atoms with Gasteiger partial charge in [0.2, 0.25) is 0 Å². The van der Waals surface area contributed by atoms with Crippen molar-refractivity contribution in [2.75, 3.05) is 12.4 Å². The highest BCUT2D eigenvalue weighted by Crippen LogP contribution is 2.24. The number of carbonyl (C=O) groups excluding carboxylic acids is 1. The summed E-state index contributed by atoms with van der Waals surface area (Å²) in [7, 11) is 1.56. The zero-order valence-corrected chi connectivity index (χ0v) is 11.9. The number of hydrogen-bond donors (Lipinski definition) is 2. The number of ether oxygens (including phenoxy) is 1. The van der Waals surface area contributed by atoms with Crippen molar-refractivity contribution in [2.24, 2.45) is 0 Å². The molecule has 1 aromatic heterocycles. The van der Waals surface area contributed by atoms with E-state index in [1.54, 1.807) is 43.6 Å². The van der Waals surface area contributed by atoms with Gasteiger partial charge < -0.3 is 10.1 Å². The fraction of sp³-hybridized carbons (Fsp3) is 0.0667. The minimum atomic E-state index is -0.245. The van der Waals surface area contributed by atoms with Gasteiger partial charge in [0.1, 0.15) is 5.75 Å². The minimum absolute atomic E-state index is 0.245. The van der Waals surface area contributed by atoms with Crippen LogP contribution < -0.4 is 10.1 Å². The summed E-state index contributed by atoms with van der Waals surface area (Å²) in [4.78, 5) is 12.4. The first kappa shape index (κ1) is 13.5. The van der Waals surface area contributed by atoms with Crippen LogP contribution in [0.5, 0.6) is 5.75 Å². The molecule has 1 heterocycles. The topological polar surface area (TPSA) is 67.0 Å². The second-order valence-electron chi connectivity index (χ2n) is 4.47. The van der Waals surface area contributed by atoms with Crippen molar-refractivity contribution in [3.8, 4) is 5.75 Å². The maximum atomic E-state index is 12.4. The van der Waals surface area contributed by atoms with Crippen LogP contribution in [0, 0.1) is 0 Å². The number of anilines is 1. The summed E-state index contributed by atoms with van der Waals surface area (Å²) in [5.41, 5.74) is 1.80. The van der Waals surface area contributed by atoms with E-state index in [0.29, 0.717) is 27.5 Å². The Balaban J connectivity index is 1.97. The highest BCUT2D eigenvalue weighted by atomic mass is 35.5. The predicted molar refractivity (Wildman–Crippen MR) is 82.1 cm³/mol. The fourth-order valence-electron chi connectivity index (χ4n) is 2.06. The lowest BCUT2D eigenvalue weighted by atomic mass is 10.1. The third-order valence-electron chi connectivity index (χ3n) is 3.10. The lowest BCUT2D eigenvalue weighted by Crippen LogP contribution is -2.12. The Kier molecular flexibility index (Phi) is 3.50. The molecule has 3 rings (SSSR count). The highest BCUT2D eigenvalue weighted by Gasteiger charge is 2.14. The number of nitrogens with zero attached hydrogens (tertiary/aromatic N) is 1. The monoisotopic (exact) mass is 301 g/mol. The lowest BCUT2D eigenvalue weighted by molar-refractivity contribution is 0.102. The number of aromatic nitrogens is 2. The minimum Gasteiger partial charge on any atom is -0.497 e. The summed E-state index contributed by atoms with van der Waals surface area (Å²) < 4.78 is 5.21. The molecule has 3 aromatic rings. The number of rotatable bonds is 3. The Morgan fingerprint density at radius 1 is 1.29 bits per heavy atom. The molecule has 0 fully saturated rings. The summed E-state index contributed by atoms with van der Waals surface area (Å²) in [6.07, 6.45) is 1.65. The van der Waals surface area contributed by atoms with E-state index in [0.717, 1.165) is 5.39 Å². The van der Waals surface area contributed by atoms with Crippen LogP contribution in [0.4, 0.5) is 5.69 Å². The molecule has 0 saturated carbocycles. The van der Waals surface area contributed by atoms with Crippen molar-refractivity contribution in [2.45, 2.75) is 0 Å². The summed E-state index contributed by atoms with van der Waals surface area (Å²) in [5.74, 6) is 0.357. The third-order valence-corrected chi connectivity index (χ3v) is 3.36. The van der Waals surface area contributed by atoms with Crippen LogP contribution >= 0.6 is 11.6 Å². The fourth-order valence-corrected chi connectivity index (χ4v) is 2.18. The van der Waals surface area contributed by atoms with Gasteiger partial charge >= 0.3 is 0 Å². The Bertz CT molecular complexity index is 796. The predicted octanol–water partition coefficient (Wildman–Crippen LogP) is 3.48. The number of methoxy groups -OCH3 is 1. The van der Waals surface area contributed by atoms with Gasteiger partial charge in [0.25, 0.3) is 5.91 Å². The van der Waals surface area contributed by atoms with Crippen LogP contribution in [0.3, 0.4) is 0 Å². The zero-order chi connectivity index (χ0) is 14.8. The Morgan fingerprint density at radius 3 is 2.76 bits per heavy atom. The van der Waals surface area contributed by atoms with Crippen LogP contribution in [0.25, 0.3) is 10.9 Å². The van der Waals surface area contributed by atoms with Gasteiger partial charge in [-0.25, -0.2) is 0 Å². The number of halogens is 1. The smallest absolute Gasteiger partial charge is 0.257 e. The highest BCUT2D eigenvalue weighted by molar-refractivity contribution is 6.30. The molecule has 2 N–H and O–H groups in total. The first-order chi connectivity index (χ1) is 10.2. The van der Waals surface area contributed by atoms with E-state index in [1.165, 1.54) is 0 Å². The SMILES string of the molecule is COc1cc(C(=O)Nc2ccc(Cl)cc2)c2[nH]ncc2c1. The maximum Gasteiger partial charge on any atom is 0.257 e. The number of benzene rings is 2. The lowest BCUT2D eigenvalue weighted by Gasteiger charge is -2.08. The third kappa shape index (κ3) is 2.68. The molecule has 0 atom stereocenters. The zero-order valence-electron chi connectivity index (χ0n) is 11.2. The number of amides is 1. The first-order valence-electron chi connectivity index (χ1n) is 6.25. The van der Waals surface area contributed by atoms with Gasteiger partial charge in [0.15, 0.2) is 0 Å². The van der Waals surface area contributed by atoms with Gasteiger partial charge in [0, 0.05) is 16.1 Å². The molecule has 0 aliphatic carbocycles. The van der Waals surface area contributed by atoms with Gasteiger partial charge in [-0.2, -0.15) is 5.10 Å². The van der Waals surface area contributed by atoms with Crippen LogP contribution in [0.1, 0.15) is 10.4 Å². The molecule has 1 amide bonds. The number of H-pyrrole nitrogens is 1. The van der Waals surface area contributed by atoms with Gasteiger partial charge in [-0.05, 0) is 36.4 Å². The van der Waals surface area contributed by atoms with E-state index < -0.39 is 0 Å². The standard InChI is InChI=1S/C15H12ClN3O2/c1-21-12-6-9-8-17-19-14(9)13(7-12)15(20)18-11-4-2-10(16)3-5-11/h2-8H,1H3,(H,17,19)(H,18,20). The summed E-state index contributed by atoms with van der Waals surface area (Å²) in [6, 6.07) is 10.4. The van der Waals surface area contributed by atoms with E-state index >= 15 is 0 Å². The molecule has 0 radical (unpaired) electrons. The van der Waals surface area contributed by atoms with Crippen molar-refractivity contribution in [3.05, 3.63) is 53.2 Å². The van der Waals surface area contributed by atoms with E-state index in [9.17, 15) is 4.79 Å². The number of nitrogens with one attached hydrogen (secondary N) is 2. The molecule has 2 aromatic carbocycles. The molecule has 0 aliphatic rings. The van der Waals surface area contributed by atoms with E-state index in [4.69, 9.17) is 16.3 Å². The number of carbonyl (C=O) groups is 1. The molecule has 0 unspecified atom stereocenters. The Labute approximate surface area is 125 Å². The van der Waals surface area contributed by atoms with Crippen molar-refractivity contribution in [3.63, 3.8) is 0 Å². The maximum absolute atomic E-state index is 12.4. The summed E-state index contributed by atoms with van der Waals surface area (Å²) >= 11 is 5.83. The molecule has 0 bridgehead atoms. The van der Waals surface area contributed by atoms with Crippen LogP contribution in [-0.4, -0.2) is 23.2 Å². The quantitative estimate of drug-likeness (QED) is 0.778. The van der Waals surface area contributed by atoms with Gasteiger partial charge in [-0.15, -0.1) is 0 Å². The van der Waals surface area contributed by atoms with Gasteiger partial charge in [-0.3, -0.25) is 9.89 Å². The molecular weight excluding hydrogens is 290 g/mol. The Morgan fingerprint density at radius 2 is 2.05 bits per heavy atom. The van der Waals surface area contributed by atoms with E-state index in [-0.39, 0.29) is 5.91 Å². The molecule has 106 valence electrons. The Hall–Kier alpha value is -2.53. The second kappa shape index (κ2) is 5.46. The van der Waals surface area contributed by atoms with E-state index in [2.05, 4.69) is 15.5 Å². The van der Waals surface area contributed by atoms with Crippen LogP contribution in [0.2, 0.25) is 5.02 Å². The van der Waals surface area contributed by atoms with Crippen LogP contribution in [-0.2, 0) is 0 Å². The molecule has 6 heteroatoms. The van der Waals surface area contributed by atoms with Crippen LogP contribution in [0.15, 0.2) is 42.6 Å². The molecular formula is C15H12ClN3O2. The normalized spacial score (nSPS) is 10.6. The molecule has 0 aliphatic heterocycles. The van der Waals surface area contributed by atoms with Gasteiger partial charge in [-0.1, -0.05) is 11.6 Å². The largest absolute Gasteiger partial charge is 0.497 e. The van der Waals surface area contributed by atoms with E-state index in [1.807, 2.05) is 6.07 Å². The summed E-state index contributed by atoms with van der Waals surface area (Å²) in [6.45, 7) is 0. The molecule has 0 spiro atoms. The van der Waals surface area contributed by atoms with Crippen molar-refractivity contribution in [1.82, 2.24) is 10.2 Å². The average Bonchev–Trinajstić information content (AvgIpc) is 2.96. The van der Waals surface area contributed by atoms with Crippen molar-refractivity contribution >= 4 is 34.1 Å². The van der Waals surface area contributed by atoms with Gasteiger partial charge in [0.05, 0.1) is 24.4 Å². The average molecular weight is 302 g/mol. The van der Waals surface area contributed by atoms with Crippen molar-refractivity contribution < 1.29 is 9.53 Å².